The molecule has 0 aromatic carbocycles. The van der Waals surface area contributed by atoms with Crippen molar-refractivity contribution in [3.05, 3.63) is 109 Å². The Hall–Kier alpha value is -3.27. The number of nitrogens with zero attached hydrogens (tertiary/aromatic N) is 4. The summed E-state index contributed by atoms with van der Waals surface area (Å²) in [6, 6.07) is 0. The zero-order valence-electron chi connectivity index (χ0n) is 19.3. The van der Waals surface area contributed by atoms with E-state index in [9.17, 15) is 0 Å². The van der Waals surface area contributed by atoms with Gasteiger partial charge in [0.25, 0.3) is 0 Å². The lowest BCUT2D eigenvalue weighted by Crippen LogP contribution is -2.54. The van der Waals surface area contributed by atoms with Crippen molar-refractivity contribution in [2.75, 3.05) is 32.7 Å². The molecule has 2 heterocycles. The molecule has 164 valence electrons. The molecular weight excluding hydrogens is 380 g/mol. The van der Waals surface area contributed by atoms with Gasteiger partial charge in [-0.15, -0.1) is 0 Å². The summed E-state index contributed by atoms with van der Waals surface area (Å²) in [6.07, 6.45) is 22.1. The molecule has 1 fully saturated rings. The second-order valence-electron chi connectivity index (χ2n) is 7.22. The third kappa shape index (κ3) is 6.11. The monoisotopic (exact) mass is 416 g/mol. The van der Waals surface area contributed by atoms with E-state index in [0.29, 0.717) is 0 Å². The van der Waals surface area contributed by atoms with E-state index < -0.39 is 0 Å². The average molecular weight is 417 g/mol. The van der Waals surface area contributed by atoms with Gasteiger partial charge in [-0.3, -0.25) is 0 Å². The lowest BCUT2D eigenvalue weighted by molar-refractivity contribution is 0.212. The third-order valence-electron chi connectivity index (χ3n) is 5.29. The Morgan fingerprint density at radius 3 is 2.00 bits per heavy atom. The van der Waals surface area contributed by atoms with Gasteiger partial charge in [0.1, 0.15) is 0 Å². The maximum Gasteiger partial charge on any atom is 0.206 e. The highest BCUT2D eigenvalue weighted by atomic mass is 15.4. The van der Waals surface area contributed by atoms with Crippen molar-refractivity contribution >= 4 is 5.96 Å². The fourth-order valence-electron chi connectivity index (χ4n) is 3.67. The van der Waals surface area contributed by atoms with E-state index in [2.05, 4.69) is 58.7 Å². The number of guanidine groups is 1. The molecule has 0 radical (unpaired) electrons. The maximum absolute atomic E-state index is 5.06. The van der Waals surface area contributed by atoms with Crippen LogP contribution in [0.15, 0.2) is 114 Å². The summed E-state index contributed by atoms with van der Waals surface area (Å²) < 4.78 is 0. The number of rotatable bonds is 7. The molecule has 2 aliphatic rings. The van der Waals surface area contributed by atoms with Crippen molar-refractivity contribution in [2.24, 2.45) is 4.99 Å². The SMILES string of the molecule is C=C/C=C1/CN(/C(C=C)=C/C=C\C)C(N2CCN(/C(C=C)=C/C=C\C)CC2)=N/C1=C/C. The topological polar surface area (TPSA) is 22.1 Å². The second kappa shape index (κ2) is 12.4. The van der Waals surface area contributed by atoms with Crippen molar-refractivity contribution < 1.29 is 0 Å². The molecule has 2 aliphatic heterocycles. The van der Waals surface area contributed by atoms with Gasteiger partial charge in [-0.05, 0) is 50.6 Å². The Morgan fingerprint density at radius 1 is 0.871 bits per heavy atom. The van der Waals surface area contributed by atoms with Crippen LogP contribution in [-0.2, 0) is 0 Å². The number of hydrogen-bond acceptors (Lipinski definition) is 4. The van der Waals surface area contributed by atoms with Gasteiger partial charge in [0.15, 0.2) is 0 Å². The first kappa shape index (κ1) is 24.0. The molecule has 0 spiro atoms. The molecule has 0 aromatic heterocycles. The molecule has 0 unspecified atom stereocenters. The predicted octanol–water partition coefficient (Wildman–Crippen LogP) is 5.58. The van der Waals surface area contributed by atoms with Gasteiger partial charge in [0.2, 0.25) is 5.96 Å². The molecule has 31 heavy (non-hydrogen) atoms. The molecule has 0 saturated carbocycles. The molecule has 1 saturated heterocycles. The van der Waals surface area contributed by atoms with Gasteiger partial charge in [-0.2, -0.15) is 0 Å². The third-order valence-corrected chi connectivity index (χ3v) is 5.29. The minimum Gasteiger partial charge on any atom is -0.368 e. The van der Waals surface area contributed by atoms with Crippen LogP contribution in [-0.4, -0.2) is 53.4 Å². The van der Waals surface area contributed by atoms with Crippen LogP contribution in [0.25, 0.3) is 0 Å². The number of aliphatic imine (C=N–C) groups is 1. The molecule has 0 bridgehead atoms. The fraction of sp³-hybridized carbons (Fsp3) is 0.296. The summed E-state index contributed by atoms with van der Waals surface area (Å²) in [4.78, 5) is 12.0. The van der Waals surface area contributed by atoms with Crippen LogP contribution >= 0.6 is 0 Å². The van der Waals surface area contributed by atoms with E-state index in [1.165, 1.54) is 0 Å². The van der Waals surface area contributed by atoms with Crippen LogP contribution in [0.5, 0.6) is 0 Å². The van der Waals surface area contributed by atoms with Crippen molar-refractivity contribution in [1.82, 2.24) is 14.7 Å². The van der Waals surface area contributed by atoms with Crippen LogP contribution in [0, 0.1) is 0 Å². The Kier molecular flexibility index (Phi) is 9.63. The predicted molar refractivity (Wildman–Crippen MR) is 136 cm³/mol. The Balaban J connectivity index is 2.36. The smallest absolute Gasteiger partial charge is 0.206 e. The first-order chi connectivity index (χ1) is 15.1. The Morgan fingerprint density at radius 2 is 1.48 bits per heavy atom. The molecule has 2 rings (SSSR count). The van der Waals surface area contributed by atoms with Crippen LogP contribution in [0.3, 0.4) is 0 Å². The standard InChI is InChI=1S/C27H36N4/c1-7-13-16-24(10-4)29-18-20-30(21-19-29)27-28-26(12-6)23(15-9-3)22-31(27)25(11-5)17-14-8-2/h7-17H,3-5,18-22H2,1-2,6H3/b13-7-,14-8-,23-15-,24-16+,25-17+,26-12+. The molecule has 0 amide bonds. The zero-order chi connectivity index (χ0) is 22.6. The van der Waals surface area contributed by atoms with E-state index in [-0.39, 0.29) is 0 Å². The van der Waals surface area contributed by atoms with E-state index in [1.54, 1.807) is 0 Å². The number of piperazine rings is 1. The van der Waals surface area contributed by atoms with Gasteiger partial charge in [-0.25, -0.2) is 4.99 Å². The fourth-order valence-corrected chi connectivity index (χ4v) is 3.67. The van der Waals surface area contributed by atoms with Crippen molar-refractivity contribution in [3.63, 3.8) is 0 Å². The van der Waals surface area contributed by atoms with Gasteiger partial charge in [0.05, 0.1) is 12.2 Å². The molecule has 0 aliphatic carbocycles. The van der Waals surface area contributed by atoms with E-state index in [0.717, 1.165) is 61.3 Å². The van der Waals surface area contributed by atoms with Gasteiger partial charge < -0.3 is 14.7 Å². The highest BCUT2D eigenvalue weighted by Gasteiger charge is 2.29. The van der Waals surface area contributed by atoms with Crippen molar-refractivity contribution in [1.29, 1.82) is 0 Å². The molecule has 4 nitrogen and oxygen atoms in total. The average Bonchev–Trinajstić information content (AvgIpc) is 2.81. The van der Waals surface area contributed by atoms with Crippen molar-refractivity contribution in [2.45, 2.75) is 20.8 Å². The summed E-state index contributed by atoms with van der Waals surface area (Å²) in [7, 11) is 0. The molecule has 0 N–H and O–H groups in total. The highest BCUT2D eigenvalue weighted by Crippen LogP contribution is 2.26. The van der Waals surface area contributed by atoms with Gasteiger partial charge in [0, 0.05) is 37.6 Å². The number of hydrogen-bond donors (Lipinski definition) is 0. The van der Waals surface area contributed by atoms with Gasteiger partial charge in [-0.1, -0.05) is 62.3 Å². The Labute approximate surface area is 188 Å². The largest absolute Gasteiger partial charge is 0.368 e. The lowest BCUT2D eigenvalue weighted by atomic mass is 10.1. The van der Waals surface area contributed by atoms with Crippen molar-refractivity contribution in [3.8, 4) is 0 Å². The zero-order valence-corrected chi connectivity index (χ0v) is 19.3. The van der Waals surface area contributed by atoms with Crippen LogP contribution in [0.1, 0.15) is 20.8 Å². The molecule has 0 atom stereocenters. The number of allylic oxidation sites excluding steroid dienone is 11. The summed E-state index contributed by atoms with van der Waals surface area (Å²) in [5.74, 6) is 0.974. The minimum absolute atomic E-state index is 0.735. The summed E-state index contributed by atoms with van der Waals surface area (Å²) >= 11 is 0. The molecular formula is C27H36N4. The molecule has 4 heteroatoms. The first-order valence-electron chi connectivity index (χ1n) is 10.9. The first-order valence-corrected chi connectivity index (χ1v) is 10.9. The summed E-state index contributed by atoms with van der Waals surface area (Å²) in [5.41, 5.74) is 4.34. The van der Waals surface area contributed by atoms with Gasteiger partial charge >= 0.3 is 0 Å². The Bertz CT molecular complexity index is 869. The maximum atomic E-state index is 5.06. The van der Waals surface area contributed by atoms with E-state index in [4.69, 9.17) is 4.99 Å². The summed E-state index contributed by atoms with van der Waals surface area (Å²) in [5, 5.41) is 0. The van der Waals surface area contributed by atoms with E-state index in [1.807, 2.05) is 63.3 Å². The normalized spacial score (nSPS) is 21.4. The quantitative estimate of drug-likeness (QED) is 0.506. The van der Waals surface area contributed by atoms with Crippen LogP contribution in [0.4, 0.5) is 0 Å². The minimum atomic E-state index is 0.735. The van der Waals surface area contributed by atoms with Crippen LogP contribution < -0.4 is 0 Å². The lowest BCUT2D eigenvalue weighted by Gasteiger charge is -2.43. The van der Waals surface area contributed by atoms with Crippen LogP contribution in [0.2, 0.25) is 0 Å². The molecule has 0 aromatic rings. The highest BCUT2D eigenvalue weighted by molar-refractivity contribution is 5.86. The summed E-state index contributed by atoms with van der Waals surface area (Å²) in [6.45, 7) is 22.3. The van der Waals surface area contributed by atoms with E-state index >= 15 is 0 Å². The second-order valence-corrected chi connectivity index (χ2v) is 7.22.